The molecule has 0 aliphatic heterocycles. The smallest absolute Gasteiger partial charge is 0.120 e. The summed E-state index contributed by atoms with van der Waals surface area (Å²) in [4.78, 5) is 2.32. The molecule has 0 aromatic heterocycles. The molecule has 0 saturated heterocycles. The van der Waals surface area contributed by atoms with Gasteiger partial charge in [-0.15, -0.1) is 0 Å². The van der Waals surface area contributed by atoms with E-state index >= 15 is 0 Å². The molecule has 1 rings (SSSR count). The van der Waals surface area contributed by atoms with Gasteiger partial charge in [0.25, 0.3) is 0 Å². The van der Waals surface area contributed by atoms with E-state index in [1.807, 2.05) is 24.3 Å². The van der Waals surface area contributed by atoms with Crippen LogP contribution < -0.4 is 4.74 Å². The van der Waals surface area contributed by atoms with E-state index in [2.05, 4.69) is 41.7 Å². The van der Waals surface area contributed by atoms with E-state index in [0.717, 1.165) is 23.4 Å². The van der Waals surface area contributed by atoms with Crippen molar-refractivity contribution in [3.05, 3.63) is 28.7 Å². The maximum absolute atomic E-state index is 5.68. The minimum absolute atomic E-state index is 0.617. The highest BCUT2D eigenvalue weighted by atomic mass is 79.9. The fraction of sp³-hybridized carbons (Fsp3) is 0.538. The second kappa shape index (κ2) is 6.92. The normalized spacial score (nSPS) is 12.8. The van der Waals surface area contributed by atoms with Crippen LogP contribution in [-0.4, -0.2) is 31.1 Å². The highest BCUT2D eigenvalue weighted by molar-refractivity contribution is 9.10. The Bertz CT molecular complexity index is 317. The summed E-state index contributed by atoms with van der Waals surface area (Å²) in [5.41, 5.74) is 0. The number of nitrogens with zero attached hydrogens (tertiary/aromatic N) is 1. The first-order valence-corrected chi connectivity index (χ1v) is 6.51. The van der Waals surface area contributed by atoms with Crippen LogP contribution in [0.2, 0.25) is 0 Å². The minimum atomic E-state index is 0.617. The molecule has 90 valence electrons. The summed E-state index contributed by atoms with van der Waals surface area (Å²) in [6, 6.07) is 8.57. The van der Waals surface area contributed by atoms with E-state index in [0.29, 0.717) is 6.04 Å². The van der Waals surface area contributed by atoms with E-state index in [1.54, 1.807) is 0 Å². The number of halogens is 1. The zero-order chi connectivity index (χ0) is 12.0. The van der Waals surface area contributed by atoms with Crippen molar-refractivity contribution in [3.8, 4) is 5.75 Å². The highest BCUT2D eigenvalue weighted by Crippen LogP contribution is 2.17. The SMILES string of the molecule is CCC(C)N(C)CCOc1cccc(Br)c1. The zero-order valence-electron chi connectivity index (χ0n) is 10.2. The lowest BCUT2D eigenvalue weighted by molar-refractivity contribution is 0.196. The van der Waals surface area contributed by atoms with E-state index in [1.165, 1.54) is 6.42 Å². The maximum Gasteiger partial charge on any atom is 0.120 e. The predicted octanol–water partition coefficient (Wildman–Crippen LogP) is 3.56. The van der Waals surface area contributed by atoms with Gasteiger partial charge < -0.3 is 9.64 Å². The first-order chi connectivity index (χ1) is 7.63. The van der Waals surface area contributed by atoms with Gasteiger partial charge in [0, 0.05) is 17.1 Å². The van der Waals surface area contributed by atoms with Crippen molar-refractivity contribution in [3.63, 3.8) is 0 Å². The van der Waals surface area contributed by atoms with Crippen LogP contribution in [0, 0.1) is 0 Å². The predicted molar refractivity (Wildman–Crippen MR) is 72.0 cm³/mol. The molecule has 0 saturated carbocycles. The third-order valence-corrected chi connectivity index (χ3v) is 3.35. The Kier molecular flexibility index (Phi) is 5.85. The molecule has 16 heavy (non-hydrogen) atoms. The Hall–Kier alpha value is -0.540. The van der Waals surface area contributed by atoms with E-state index in [4.69, 9.17) is 4.74 Å². The summed E-state index contributed by atoms with van der Waals surface area (Å²) in [6.07, 6.45) is 1.17. The number of benzene rings is 1. The Morgan fingerprint density at radius 2 is 2.19 bits per heavy atom. The van der Waals surface area contributed by atoms with Crippen LogP contribution in [0.15, 0.2) is 28.7 Å². The average Bonchev–Trinajstić information content (AvgIpc) is 2.28. The largest absolute Gasteiger partial charge is 0.492 e. The van der Waals surface area contributed by atoms with Crippen LogP contribution in [0.1, 0.15) is 20.3 Å². The Morgan fingerprint density at radius 3 is 2.81 bits per heavy atom. The van der Waals surface area contributed by atoms with Crippen molar-refractivity contribution >= 4 is 15.9 Å². The fourth-order valence-electron chi connectivity index (χ4n) is 1.40. The third-order valence-electron chi connectivity index (χ3n) is 2.85. The summed E-state index contributed by atoms with van der Waals surface area (Å²) < 4.78 is 6.74. The van der Waals surface area contributed by atoms with Gasteiger partial charge in [0.2, 0.25) is 0 Å². The molecule has 0 amide bonds. The summed E-state index contributed by atoms with van der Waals surface area (Å²) in [6.45, 7) is 6.13. The number of hydrogen-bond donors (Lipinski definition) is 0. The van der Waals surface area contributed by atoms with Gasteiger partial charge >= 0.3 is 0 Å². The van der Waals surface area contributed by atoms with Crippen molar-refractivity contribution in [1.82, 2.24) is 4.90 Å². The van der Waals surface area contributed by atoms with Crippen molar-refractivity contribution in [2.24, 2.45) is 0 Å². The molecule has 1 aromatic rings. The molecule has 1 aromatic carbocycles. The first-order valence-electron chi connectivity index (χ1n) is 5.72. The highest BCUT2D eigenvalue weighted by Gasteiger charge is 2.05. The Morgan fingerprint density at radius 1 is 1.44 bits per heavy atom. The number of hydrogen-bond acceptors (Lipinski definition) is 2. The second-order valence-corrected chi connectivity index (χ2v) is 4.96. The Balaban J connectivity index is 2.30. The molecule has 0 aliphatic carbocycles. The topological polar surface area (TPSA) is 12.5 Å². The zero-order valence-corrected chi connectivity index (χ0v) is 11.8. The summed E-state index contributed by atoms with van der Waals surface area (Å²) >= 11 is 3.43. The molecule has 2 nitrogen and oxygen atoms in total. The molecule has 0 heterocycles. The standard InChI is InChI=1S/C13H20BrNO/c1-4-11(2)15(3)8-9-16-13-7-5-6-12(14)10-13/h5-7,10-11H,4,8-9H2,1-3H3. The van der Waals surface area contributed by atoms with Gasteiger partial charge in [-0.1, -0.05) is 28.9 Å². The van der Waals surface area contributed by atoms with Gasteiger partial charge in [-0.05, 0) is 38.6 Å². The molecule has 1 atom stereocenters. The van der Waals surface area contributed by atoms with E-state index in [9.17, 15) is 0 Å². The quantitative estimate of drug-likeness (QED) is 0.793. The maximum atomic E-state index is 5.68. The minimum Gasteiger partial charge on any atom is -0.492 e. The van der Waals surface area contributed by atoms with Gasteiger partial charge in [0.15, 0.2) is 0 Å². The van der Waals surface area contributed by atoms with Crippen LogP contribution in [0.5, 0.6) is 5.75 Å². The van der Waals surface area contributed by atoms with Gasteiger partial charge in [-0.25, -0.2) is 0 Å². The third kappa shape index (κ3) is 4.54. The van der Waals surface area contributed by atoms with Crippen LogP contribution in [0.3, 0.4) is 0 Å². The number of rotatable bonds is 6. The molecular weight excluding hydrogens is 266 g/mol. The van der Waals surface area contributed by atoms with Crippen LogP contribution in [0.4, 0.5) is 0 Å². The van der Waals surface area contributed by atoms with E-state index in [-0.39, 0.29) is 0 Å². The first kappa shape index (κ1) is 13.5. The lowest BCUT2D eigenvalue weighted by Gasteiger charge is -2.23. The van der Waals surface area contributed by atoms with Crippen LogP contribution in [-0.2, 0) is 0 Å². The van der Waals surface area contributed by atoms with Gasteiger partial charge in [0.05, 0.1) is 0 Å². The monoisotopic (exact) mass is 285 g/mol. The summed E-state index contributed by atoms with van der Waals surface area (Å²) in [7, 11) is 2.14. The number of likely N-dealkylation sites (N-methyl/N-ethyl adjacent to an activating group) is 1. The Labute approximate surface area is 107 Å². The van der Waals surface area contributed by atoms with Crippen LogP contribution >= 0.6 is 15.9 Å². The van der Waals surface area contributed by atoms with Crippen LogP contribution in [0.25, 0.3) is 0 Å². The number of ether oxygens (including phenoxy) is 1. The lowest BCUT2D eigenvalue weighted by Crippen LogP contribution is -2.32. The van der Waals surface area contributed by atoms with Crippen molar-refractivity contribution in [2.75, 3.05) is 20.2 Å². The molecule has 1 unspecified atom stereocenters. The molecule has 0 aliphatic rings. The average molecular weight is 286 g/mol. The van der Waals surface area contributed by atoms with Crippen molar-refractivity contribution in [2.45, 2.75) is 26.3 Å². The molecule has 3 heteroatoms. The molecule has 0 spiro atoms. The lowest BCUT2D eigenvalue weighted by atomic mass is 10.2. The molecule has 0 fully saturated rings. The van der Waals surface area contributed by atoms with Crippen molar-refractivity contribution < 1.29 is 4.74 Å². The molecule has 0 radical (unpaired) electrons. The molecule has 0 bridgehead atoms. The van der Waals surface area contributed by atoms with Gasteiger partial charge in [-0.2, -0.15) is 0 Å². The fourth-order valence-corrected chi connectivity index (χ4v) is 1.77. The summed E-state index contributed by atoms with van der Waals surface area (Å²) in [5, 5.41) is 0. The molecule has 0 N–H and O–H groups in total. The van der Waals surface area contributed by atoms with Gasteiger partial charge in [0.1, 0.15) is 12.4 Å². The van der Waals surface area contributed by atoms with E-state index < -0.39 is 0 Å². The molecular formula is C13H20BrNO. The summed E-state index contributed by atoms with van der Waals surface area (Å²) in [5.74, 6) is 0.923. The second-order valence-electron chi connectivity index (χ2n) is 4.04. The van der Waals surface area contributed by atoms with Gasteiger partial charge in [-0.3, -0.25) is 0 Å². The van der Waals surface area contributed by atoms with Crippen molar-refractivity contribution in [1.29, 1.82) is 0 Å².